The van der Waals surface area contributed by atoms with Crippen molar-refractivity contribution in [1.29, 1.82) is 0 Å². The zero-order valence-electron chi connectivity index (χ0n) is 13.0. The summed E-state index contributed by atoms with van der Waals surface area (Å²) in [4.78, 5) is 0. The molecule has 112 valence electrons. The lowest BCUT2D eigenvalue weighted by molar-refractivity contribution is 0.0297. The third-order valence-corrected chi connectivity index (χ3v) is 4.19. The Balaban J connectivity index is 1.78. The summed E-state index contributed by atoms with van der Waals surface area (Å²) in [6, 6.07) is 11.3. The summed E-state index contributed by atoms with van der Waals surface area (Å²) in [5.74, 6) is 0. The van der Waals surface area contributed by atoms with Crippen molar-refractivity contribution in [1.82, 2.24) is 5.32 Å². The van der Waals surface area contributed by atoms with Crippen LogP contribution in [0.1, 0.15) is 51.5 Å². The van der Waals surface area contributed by atoms with Crippen molar-refractivity contribution in [2.24, 2.45) is 0 Å². The highest BCUT2D eigenvalue weighted by Gasteiger charge is 2.28. The zero-order chi connectivity index (χ0) is 14.2. The van der Waals surface area contributed by atoms with Crippen LogP contribution in [-0.4, -0.2) is 24.8 Å². The first-order chi connectivity index (χ1) is 9.79. The molecule has 0 radical (unpaired) electrons. The second-order valence-corrected chi connectivity index (χ2v) is 6.00. The maximum absolute atomic E-state index is 6.06. The van der Waals surface area contributed by atoms with Gasteiger partial charge in [0.1, 0.15) is 0 Å². The van der Waals surface area contributed by atoms with Crippen LogP contribution in [0.2, 0.25) is 0 Å². The van der Waals surface area contributed by atoms with Gasteiger partial charge in [-0.3, -0.25) is 0 Å². The maximum atomic E-state index is 6.06. The lowest BCUT2D eigenvalue weighted by atomic mass is 9.99. The Morgan fingerprint density at radius 2 is 2.05 bits per heavy atom. The first-order valence-electron chi connectivity index (χ1n) is 8.22. The molecule has 1 aliphatic rings. The van der Waals surface area contributed by atoms with Gasteiger partial charge in [0.15, 0.2) is 0 Å². The van der Waals surface area contributed by atoms with Gasteiger partial charge in [-0.05, 0) is 57.6 Å². The number of nitrogens with one attached hydrogen (secondary N) is 1. The molecule has 1 fully saturated rings. The van der Waals surface area contributed by atoms with Gasteiger partial charge in [0.2, 0.25) is 0 Å². The minimum Gasteiger partial charge on any atom is -0.374 e. The molecule has 20 heavy (non-hydrogen) atoms. The van der Waals surface area contributed by atoms with Crippen molar-refractivity contribution in [3.63, 3.8) is 0 Å². The van der Waals surface area contributed by atoms with Gasteiger partial charge in [-0.25, -0.2) is 0 Å². The van der Waals surface area contributed by atoms with E-state index in [4.69, 9.17) is 4.74 Å². The lowest BCUT2D eigenvalue weighted by Crippen LogP contribution is -2.40. The van der Waals surface area contributed by atoms with E-state index in [0.29, 0.717) is 18.2 Å². The second-order valence-electron chi connectivity index (χ2n) is 6.00. The summed E-state index contributed by atoms with van der Waals surface area (Å²) in [6.07, 6.45) is 8.12. The van der Waals surface area contributed by atoms with Crippen LogP contribution in [0.3, 0.4) is 0 Å². The van der Waals surface area contributed by atoms with Gasteiger partial charge in [0.25, 0.3) is 0 Å². The molecule has 2 heteroatoms. The Bertz CT molecular complexity index is 365. The normalized spacial score (nSPS) is 23.9. The molecule has 0 saturated carbocycles. The molecule has 2 rings (SSSR count). The van der Waals surface area contributed by atoms with Crippen molar-refractivity contribution in [3.05, 3.63) is 35.9 Å². The predicted molar refractivity (Wildman–Crippen MR) is 85.0 cm³/mol. The summed E-state index contributed by atoms with van der Waals surface area (Å²) in [6.45, 7) is 5.53. The van der Waals surface area contributed by atoms with Crippen molar-refractivity contribution in [3.8, 4) is 0 Å². The number of benzene rings is 1. The molecule has 1 saturated heterocycles. The Kier molecular flexibility index (Phi) is 6.55. The molecular formula is C18H29NO. The van der Waals surface area contributed by atoms with Crippen molar-refractivity contribution < 1.29 is 4.74 Å². The first-order valence-corrected chi connectivity index (χ1v) is 8.22. The van der Waals surface area contributed by atoms with E-state index in [1.165, 1.54) is 44.1 Å². The highest BCUT2D eigenvalue weighted by molar-refractivity contribution is 5.14. The molecule has 1 aromatic carbocycles. The van der Waals surface area contributed by atoms with E-state index in [9.17, 15) is 0 Å². The topological polar surface area (TPSA) is 21.3 Å². The largest absolute Gasteiger partial charge is 0.374 e. The molecular weight excluding hydrogens is 246 g/mol. The fourth-order valence-electron chi connectivity index (χ4n) is 3.05. The summed E-state index contributed by atoms with van der Waals surface area (Å²) >= 11 is 0. The quantitative estimate of drug-likeness (QED) is 0.776. The van der Waals surface area contributed by atoms with Crippen LogP contribution in [0.25, 0.3) is 0 Å². The molecule has 1 heterocycles. The Hall–Kier alpha value is -0.860. The van der Waals surface area contributed by atoms with Gasteiger partial charge < -0.3 is 10.1 Å². The molecule has 0 amide bonds. The maximum Gasteiger partial charge on any atom is 0.0732 e. The number of ether oxygens (including phenoxy) is 1. The van der Waals surface area contributed by atoms with Gasteiger partial charge in [-0.2, -0.15) is 0 Å². The Morgan fingerprint density at radius 1 is 1.25 bits per heavy atom. The average molecular weight is 275 g/mol. The molecule has 2 nitrogen and oxygen atoms in total. The molecule has 0 aliphatic carbocycles. The summed E-state index contributed by atoms with van der Waals surface area (Å²) < 4.78 is 6.06. The standard InChI is InChI=1S/C18H29NO/c1-3-14-19-17(18-13-12-15(2)20-18)11-7-10-16-8-5-4-6-9-16/h4-6,8-9,15,17-19H,3,7,10-14H2,1-2H3. The third kappa shape index (κ3) is 4.92. The van der Waals surface area contributed by atoms with Crippen LogP contribution in [-0.2, 0) is 11.2 Å². The van der Waals surface area contributed by atoms with Gasteiger partial charge in [-0.15, -0.1) is 0 Å². The smallest absolute Gasteiger partial charge is 0.0732 e. The molecule has 1 aliphatic heterocycles. The first kappa shape index (κ1) is 15.5. The SMILES string of the molecule is CCCNC(CCCc1ccccc1)C1CCC(C)O1. The van der Waals surface area contributed by atoms with E-state index in [-0.39, 0.29) is 0 Å². The minimum absolute atomic E-state index is 0.423. The van der Waals surface area contributed by atoms with E-state index in [1.54, 1.807) is 0 Å². The number of aryl methyl sites for hydroxylation is 1. The molecule has 1 aromatic rings. The second kappa shape index (κ2) is 8.43. The van der Waals surface area contributed by atoms with Crippen LogP contribution in [0.5, 0.6) is 0 Å². The molecule has 0 bridgehead atoms. The fraction of sp³-hybridized carbons (Fsp3) is 0.667. The number of hydrogen-bond donors (Lipinski definition) is 1. The summed E-state index contributed by atoms with van der Waals surface area (Å²) in [7, 11) is 0. The number of rotatable bonds is 8. The van der Waals surface area contributed by atoms with Crippen LogP contribution in [0, 0.1) is 0 Å². The fourth-order valence-corrected chi connectivity index (χ4v) is 3.05. The third-order valence-electron chi connectivity index (χ3n) is 4.19. The van der Waals surface area contributed by atoms with Crippen LogP contribution in [0.4, 0.5) is 0 Å². The van der Waals surface area contributed by atoms with E-state index < -0.39 is 0 Å². The Labute approximate surface area is 123 Å². The van der Waals surface area contributed by atoms with Crippen molar-refractivity contribution >= 4 is 0 Å². The van der Waals surface area contributed by atoms with Gasteiger partial charge in [0.05, 0.1) is 12.2 Å². The summed E-state index contributed by atoms with van der Waals surface area (Å²) in [5.41, 5.74) is 1.45. The van der Waals surface area contributed by atoms with E-state index in [1.807, 2.05) is 0 Å². The monoisotopic (exact) mass is 275 g/mol. The van der Waals surface area contributed by atoms with Gasteiger partial charge in [0, 0.05) is 6.04 Å². The van der Waals surface area contributed by atoms with Gasteiger partial charge >= 0.3 is 0 Å². The molecule has 3 atom stereocenters. The van der Waals surface area contributed by atoms with E-state index >= 15 is 0 Å². The zero-order valence-corrected chi connectivity index (χ0v) is 13.0. The van der Waals surface area contributed by atoms with Crippen LogP contribution in [0.15, 0.2) is 30.3 Å². The highest BCUT2D eigenvalue weighted by atomic mass is 16.5. The lowest BCUT2D eigenvalue weighted by Gasteiger charge is -2.25. The van der Waals surface area contributed by atoms with Gasteiger partial charge in [-0.1, -0.05) is 37.3 Å². The molecule has 1 N–H and O–H groups in total. The number of hydrogen-bond acceptors (Lipinski definition) is 2. The molecule has 3 unspecified atom stereocenters. The van der Waals surface area contributed by atoms with Crippen LogP contribution >= 0.6 is 0 Å². The highest BCUT2D eigenvalue weighted by Crippen LogP contribution is 2.24. The van der Waals surface area contributed by atoms with E-state index in [2.05, 4.69) is 49.5 Å². The minimum atomic E-state index is 0.423. The summed E-state index contributed by atoms with van der Waals surface area (Å²) in [5, 5.41) is 3.69. The average Bonchev–Trinajstić information content (AvgIpc) is 2.90. The van der Waals surface area contributed by atoms with Crippen molar-refractivity contribution in [2.75, 3.05) is 6.54 Å². The predicted octanol–water partition coefficient (Wildman–Crippen LogP) is 3.95. The molecule has 0 aromatic heterocycles. The van der Waals surface area contributed by atoms with Crippen LogP contribution < -0.4 is 5.32 Å². The van der Waals surface area contributed by atoms with E-state index in [0.717, 1.165) is 6.54 Å². The van der Waals surface area contributed by atoms with Crippen molar-refractivity contribution in [2.45, 2.75) is 70.6 Å². The molecule has 0 spiro atoms. The Morgan fingerprint density at radius 3 is 2.70 bits per heavy atom.